The molecule has 0 radical (unpaired) electrons. The van der Waals surface area contributed by atoms with Gasteiger partial charge in [-0.25, -0.2) is 9.37 Å². The van der Waals surface area contributed by atoms with Crippen LogP contribution in [0.2, 0.25) is 0 Å². The summed E-state index contributed by atoms with van der Waals surface area (Å²) in [5.74, 6) is 0.305. The smallest absolute Gasteiger partial charge is 0.156 e. The van der Waals surface area contributed by atoms with Crippen LogP contribution in [-0.4, -0.2) is 11.5 Å². The molecule has 0 amide bonds. The van der Waals surface area contributed by atoms with Crippen LogP contribution in [0.4, 0.5) is 21.6 Å². The fraction of sp³-hybridized carbons (Fsp3) is 0.154. The van der Waals surface area contributed by atoms with Crippen LogP contribution in [-0.2, 0) is 0 Å². The Labute approximate surface area is 99.7 Å². The van der Waals surface area contributed by atoms with E-state index in [0.717, 1.165) is 0 Å². The summed E-state index contributed by atoms with van der Waals surface area (Å²) < 4.78 is 13.7. The average Bonchev–Trinajstić information content (AvgIpc) is 2.34. The van der Waals surface area contributed by atoms with Gasteiger partial charge in [0.25, 0.3) is 0 Å². The molecule has 2 N–H and O–H groups in total. The molecule has 0 aliphatic carbocycles. The second-order valence-corrected chi connectivity index (χ2v) is 3.61. The second kappa shape index (κ2) is 4.82. The highest BCUT2D eigenvalue weighted by molar-refractivity contribution is 5.71. The zero-order valence-corrected chi connectivity index (χ0v) is 9.60. The fourth-order valence-corrected chi connectivity index (χ4v) is 1.74. The summed E-state index contributed by atoms with van der Waals surface area (Å²) in [5, 5.41) is 0. The maximum Gasteiger partial charge on any atom is 0.156 e. The lowest BCUT2D eigenvalue weighted by Gasteiger charge is -2.23. The molecule has 0 aliphatic rings. The van der Waals surface area contributed by atoms with Crippen molar-refractivity contribution in [3.8, 4) is 0 Å². The summed E-state index contributed by atoms with van der Waals surface area (Å²) in [6.07, 6.45) is 1.65. The number of anilines is 3. The molecule has 0 fully saturated rings. The van der Waals surface area contributed by atoms with E-state index in [9.17, 15) is 4.39 Å². The molecule has 88 valence electrons. The molecule has 0 spiro atoms. The van der Waals surface area contributed by atoms with Gasteiger partial charge >= 0.3 is 0 Å². The Morgan fingerprint density at radius 2 is 2.00 bits per heavy atom. The first-order valence-electron chi connectivity index (χ1n) is 5.46. The van der Waals surface area contributed by atoms with Gasteiger partial charge in [0.05, 0.1) is 11.4 Å². The number of hydrogen-bond donors (Lipinski definition) is 1. The van der Waals surface area contributed by atoms with E-state index in [1.165, 1.54) is 6.07 Å². The molecule has 3 nitrogen and oxygen atoms in total. The largest absolute Gasteiger partial charge is 0.396 e. The third kappa shape index (κ3) is 2.20. The van der Waals surface area contributed by atoms with Gasteiger partial charge in [-0.2, -0.15) is 0 Å². The Bertz CT molecular complexity index is 468. The van der Waals surface area contributed by atoms with Crippen LogP contribution >= 0.6 is 0 Å². The van der Waals surface area contributed by atoms with Gasteiger partial charge in [-0.05, 0) is 31.2 Å². The molecule has 1 aromatic carbocycles. The van der Waals surface area contributed by atoms with Crippen molar-refractivity contribution < 1.29 is 4.39 Å². The van der Waals surface area contributed by atoms with E-state index in [1.54, 1.807) is 41.4 Å². The van der Waals surface area contributed by atoms with E-state index in [-0.39, 0.29) is 5.82 Å². The van der Waals surface area contributed by atoms with Crippen molar-refractivity contribution in [2.75, 3.05) is 17.2 Å². The molecule has 0 saturated heterocycles. The molecule has 1 heterocycles. The number of para-hydroxylation sites is 1. The minimum Gasteiger partial charge on any atom is -0.396 e. The number of nitrogens with zero attached hydrogens (tertiary/aromatic N) is 2. The Morgan fingerprint density at radius 1 is 1.24 bits per heavy atom. The van der Waals surface area contributed by atoms with Gasteiger partial charge in [0, 0.05) is 12.7 Å². The highest BCUT2D eigenvalue weighted by Crippen LogP contribution is 2.29. The first kappa shape index (κ1) is 11.4. The number of hydrogen-bond acceptors (Lipinski definition) is 3. The Morgan fingerprint density at radius 3 is 2.65 bits per heavy atom. The summed E-state index contributed by atoms with van der Waals surface area (Å²) in [6, 6.07) is 10.1. The van der Waals surface area contributed by atoms with Crippen molar-refractivity contribution in [3.05, 3.63) is 48.4 Å². The van der Waals surface area contributed by atoms with Gasteiger partial charge in [-0.3, -0.25) is 0 Å². The molecule has 0 saturated carbocycles. The maximum absolute atomic E-state index is 13.7. The van der Waals surface area contributed by atoms with Crippen molar-refractivity contribution >= 4 is 17.2 Å². The summed E-state index contributed by atoms with van der Waals surface area (Å²) in [5.41, 5.74) is 6.88. The van der Waals surface area contributed by atoms with Gasteiger partial charge in [0.1, 0.15) is 5.82 Å². The SMILES string of the molecule is CCN(c1ccccc1F)c1ncccc1N. The third-order valence-electron chi connectivity index (χ3n) is 2.53. The third-order valence-corrected chi connectivity index (χ3v) is 2.53. The fourth-order valence-electron chi connectivity index (χ4n) is 1.74. The number of pyridine rings is 1. The van der Waals surface area contributed by atoms with Crippen LogP contribution in [0.15, 0.2) is 42.6 Å². The predicted molar refractivity (Wildman–Crippen MR) is 67.7 cm³/mol. The molecule has 0 unspecified atom stereocenters. The molecule has 0 atom stereocenters. The van der Waals surface area contributed by atoms with Crippen molar-refractivity contribution in [1.82, 2.24) is 4.98 Å². The van der Waals surface area contributed by atoms with E-state index >= 15 is 0 Å². The van der Waals surface area contributed by atoms with Crippen LogP contribution in [0.5, 0.6) is 0 Å². The highest BCUT2D eigenvalue weighted by Gasteiger charge is 2.14. The van der Waals surface area contributed by atoms with E-state index < -0.39 is 0 Å². The normalized spacial score (nSPS) is 10.2. The van der Waals surface area contributed by atoms with Crippen LogP contribution < -0.4 is 10.6 Å². The number of nitrogen functional groups attached to an aromatic ring is 1. The Balaban J connectivity index is 2.48. The molecule has 0 bridgehead atoms. The molecule has 4 heteroatoms. The van der Waals surface area contributed by atoms with Gasteiger partial charge in [0.2, 0.25) is 0 Å². The van der Waals surface area contributed by atoms with Crippen LogP contribution in [0, 0.1) is 5.82 Å². The predicted octanol–water partition coefficient (Wildman–Crippen LogP) is 2.96. The molecular weight excluding hydrogens is 217 g/mol. The van der Waals surface area contributed by atoms with Gasteiger partial charge in [0.15, 0.2) is 5.82 Å². The Kier molecular flexibility index (Phi) is 3.23. The number of halogens is 1. The summed E-state index contributed by atoms with van der Waals surface area (Å²) in [6.45, 7) is 2.53. The first-order chi connectivity index (χ1) is 8.24. The van der Waals surface area contributed by atoms with Crippen LogP contribution in [0.1, 0.15) is 6.92 Å². The monoisotopic (exact) mass is 231 g/mol. The Hall–Kier alpha value is -2.10. The topological polar surface area (TPSA) is 42.2 Å². The first-order valence-corrected chi connectivity index (χ1v) is 5.46. The van der Waals surface area contributed by atoms with Crippen molar-refractivity contribution in [3.63, 3.8) is 0 Å². The van der Waals surface area contributed by atoms with E-state index in [0.29, 0.717) is 23.7 Å². The molecule has 0 aliphatic heterocycles. The minimum atomic E-state index is -0.278. The molecular formula is C13H14FN3. The second-order valence-electron chi connectivity index (χ2n) is 3.61. The van der Waals surface area contributed by atoms with Crippen molar-refractivity contribution in [2.45, 2.75) is 6.92 Å². The van der Waals surface area contributed by atoms with Crippen LogP contribution in [0.3, 0.4) is 0 Å². The quantitative estimate of drug-likeness (QED) is 0.883. The lowest BCUT2D eigenvalue weighted by Crippen LogP contribution is -2.19. The molecule has 2 rings (SSSR count). The maximum atomic E-state index is 13.7. The lowest BCUT2D eigenvalue weighted by molar-refractivity contribution is 0.625. The standard InChI is InChI=1S/C13H14FN3/c1-2-17(12-8-4-3-6-10(12)14)13-11(15)7-5-9-16-13/h3-9H,2,15H2,1H3. The number of rotatable bonds is 3. The van der Waals surface area contributed by atoms with E-state index in [2.05, 4.69) is 4.98 Å². The van der Waals surface area contributed by atoms with E-state index in [4.69, 9.17) is 5.73 Å². The summed E-state index contributed by atoms with van der Waals surface area (Å²) >= 11 is 0. The highest BCUT2D eigenvalue weighted by atomic mass is 19.1. The number of aromatic nitrogens is 1. The lowest BCUT2D eigenvalue weighted by atomic mass is 10.2. The number of benzene rings is 1. The number of nitrogens with two attached hydrogens (primary N) is 1. The molecule has 2 aromatic rings. The molecule has 1 aromatic heterocycles. The minimum absolute atomic E-state index is 0.278. The van der Waals surface area contributed by atoms with Crippen molar-refractivity contribution in [1.29, 1.82) is 0 Å². The van der Waals surface area contributed by atoms with E-state index in [1.807, 2.05) is 6.92 Å². The van der Waals surface area contributed by atoms with Gasteiger partial charge < -0.3 is 10.6 Å². The van der Waals surface area contributed by atoms with Gasteiger partial charge in [-0.15, -0.1) is 0 Å². The summed E-state index contributed by atoms with van der Waals surface area (Å²) in [4.78, 5) is 5.96. The zero-order chi connectivity index (χ0) is 12.3. The van der Waals surface area contributed by atoms with Crippen molar-refractivity contribution in [2.24, 2.45) is 0 Å². The zero-order valence-electron chi connectivity index (χ0n) is 9.60. The molecule has 17 heavy (non-hydrogen) atoms. The van der Waals surface area contributed by atoms with Gasteiger partial charge in [-0.1, -0.05) is 12.1 Å². The average molecular weight is 231 g/mol. The van der Waals surface area contributed by atoms with Crippen LogP contribution in [0.25, 0.3) is 0 Å². The summed E-state index contributed by atoms with van der Waals surface area (Å²) in [7, 11) is 0.